The number of nitrogen functional groups attached to an aromatic ring is 1. The molecule has 3 N–H and O–H groups in total. The average molecular weight is 357 g/mol. The lowest BCUT2D eigenvalue weighted by atomic mass is 9.86. The van der Waals surface area contributed by atoms with Crippen LogP contribution in [0.3, 0.4) is 0 Å². The number of amides is 2. The van der Waals surface area contributed by atoms with Crippen LogP contribution in [0.1, 0.15) is 63.6 Å². The number of hydrogen-bond donors (Lipinski definition) is 2. The largest absolute Gasteiger partial charge is 0.399 e. The molecule has 1 saturated heterocycles. The van der Waals surface area contributed by atoms with Gasteiger partial charge in [0.15, 0.2) is 0 Å². The molecule has 2 amide bonds. The highest BCUT2D eigenvalue weighted by atomic mass is 16.2. The number of piperidine rings is 1. The van der Waals surface area contributed by atoms with Crippen molar-refractivity contribution in [2.24, 2.45) is 11.3 Å². The van der Waals surface area contributed by atoms with E-state index < -0.39 is 5.41 Å². The van der Waals surface area contributed by atoms with E-state index in [0.717, 1.165) is 44.3 Å². The van der Waals surface area contributed by atoms with Gasteiger partial charge in [-0.1, -0.05) is 26.8 Å². The van der Waals surface area contributed by atoms with Gasteiger partial charge in [0, 0.05) is 24.2 Å². The summed E-state index contributed by atoms with van der Waals surface area (Å²) in [6, 6.07) is 6.04. The molecular formula is C21H31N3O2. The summed E-state index contributed by atoms with van der Waals surface area (Å²) in [5.41, 5.74) is 8.71. The Kier molecular flexibility index (Phi) is 5.26. The minimum absolute atomic E-state index is 0.0561. The van der Waals surface area contributed by atoms with Crippen LogP contribution in [0, 0.1) is 11.3 Å². The van der Waals surface area contributed by atoms with Crippen molar-refractivity contribution in [3.8, 4) is 0 Å². The second-order valence-electron chi connectivity index (χ2n) is 8.75. The van der Waals surface area contributed by atoms with Crippen LogP contribution in [0.15, 0.2) is 18.2 Å². The molecule has 2 aliphatic rings. The Hall–Kier alpha value is -2.04. The number of aryl methyl sites for hydroxylation is 1. The zero-order valence-electron chi connectivity index (χ0n) is 16.2. The van der Waals surface area contributed by atoms with Gasteiger partial charge in [0.2, 0.25) is 11.8 Å². The molecular weight excluding hydrogens is 326 g/mol. The molecule has 1 aliphatic heterocycles. The van der Waals surface area contributed by atoms with Crippen molar-refractivity contribution in [3.63, 3.8) is 0 Å². The number of hydrogen-bond acceptors (Lipinski definition) is 3. The minimum Gasteiger partial charge on any atom is -0.399 e. The number of nitrogens with two attached hydrogens (primary N) is 1. The Morgan fingerprint density at radius 2 is 1.96 bits per heavy atom. The van der Waals surface area contributed by atoms with Gasteiger partial charge in [-0.05, 0) is 55.4 Å². The lowest BCUT2D eigenvalue weighted by Gasteiger charge is -2.36. The van der Waals surface area contributed by atoms with Crippen LogP contribution in [0.4, 0.5) is 5.69 Å². The van der Waals surface area contributed by atoms with E-state index in [4.69, 9.17) is 5.73 Å². The maximum absolute atomic E-state index is 12.9. The summed E-state index contributed by atoms with van der Waals surface area (Å²) in [4.78, 5) is 27.3. The Morgan fingerprint density at radius 1 is 1.19 bits per heavy atom. The van der Waals surface area contributed by atoms with Crippen molar-refractivity contribution < 1.29 is 9.59 Å². The Morgan fingerprint density at radius 3 is 2.69 bits per heavy atom. The van der Waals surface area contributed by atoms with Crippen LogP contribution in [-0.2, 0) is 16.0 Å². The van der Waals surface area contributed by atoms with Gasteiger partial charge in [-0.15, -0.1) is 0 Å². The van der Waals surface area contributed by atoms with E-state index in [0.29, 0.717) is 6.54 Å². The molecule has 1 aromatic rings. The summed E-state index contributed by atoms with van der Waals surface area (Å²) in [7, 11) is 0. The standard InChI is InChI=1S/C21H31N3O2/c1-21(2,3)20(26)24-11-5-7-15(13-24)19(25)23-18-8-4-6-14-12-16(22)9-10-17(14)18/h9-10,12,15,18H,4-8,11,13,22H2,1-3H3,(H,23,25). The zero-order valence-corrected chi connectivity index (χ0v) is 16.2. The monoisotopic (exact) mass is 357 g/mol. The average Bonchev–Trinajstić information content (AvgIpc) is 2.60. The second-order valence-corrected chi connectivity index (χ2v) is 8.75. The predicted molar refractivity (Wildman–Crippen MR) is 103 cm³/mol. The number of anilines is 1. The van der Waals surface area contributed by atoms with Gasteiger partial charge in [0.25, 0.3) is 0 Å². The molecule has 0 aromatic heterocycles. The molecule has 0 spiro atoms. The summed E-state index contributed by atoms with van der Waals surface area (Å²) in [5, 5.41) is 3.24. The summed E-state index contributed by atoms with van der Waals surface area (Å²) >= 11 is 0. The van der Waals surface area contributed by atoms with E-state index in [1.165, 1.54) is 11.1 Å². The highest BCUT2D eigenvalue weighted by molar-refractivity contribution is 5.84. The molecule has 5 nitrogen and oxygen atoms in total. The van der Waals surface area contributed by atoms with Crippen LogP contribution in [0.2, 0.25) is 0 Å². The minimum atomic E-state index is -0.402. The van der Waals surface area contributed by atoms with E-state index >= 15 is 0 Å². The fourth-order valence-corrected chi connectivity index (χ4v) is 4.12. The Balaban J connectivity index is 1.66. The lowest BCUT2D eigenvalue weighted by molar-refractivity contribution is -0.142. The van der Waals surface area contributed by atoms with Gasteiger partial charge < -0.3 is 16.0 Å². The third kappa shape index (κ3) is 4.02. The third-order valence-electron chi connectivity index (χ3n) is 5.52. The first-order valence-electron chi connectivity index (χ1n) is 9.74. The van der Waals surface area contributed by atoms with E-state index in [-0.39, 0.29) is 23.8 Å². The molecule has 1 aromatic carbocycles. The number of benzene rings is 1. The molecule has 2 unspecified atom stereocenters. The molecule has 26 heavy (non-hydrogen) atoms. The highest BCUT2D eigenvalue weighted by Crippen LogP contribution is 2.32. The Labute approximate surface area is 156 Å². The van der Waals surface area contributed by atoms with Crippen LogP contribution in [-0.4, -0.2) is 29.8 Å². The molecule has 0 bridgehead atoms. The van der Waals surface area contributed by atoms with Gasteiger partial charge in [0.1, 0.15) is 0 Å². The van der Waals surface area contributed by atoms with Crippen LogP contribution < -0.4 is 11.1 Å². The summed E-state index contributed by atoms with van der Waals surface area (Å²) in [6.45, 7) is 7.09. The number of rotatable bonds is 2. The zero-order chi connectivity index (χ0) is 18.9. The molecule has 2 atom stereocenters. The lowest BCUT2D eigenvalue weighted by Crippen LogP contribution is -2.49. The number of nitrogens with one attached hydrogen (secondary N) is 1. The van der Waals surface area contributed by atoms with Crippen molar-refractivity contribution in [1.29, 1.82) is 0 Å². The quantitative estimate of drug-likeness (QED) is 0.799. The summed E-state index contributed by atoms with van der Waals surface area (Å²) in [6.07, 6.45) is 4.77. The molecule has 142 valence electrons. The number of nitrogens with zero attached hydrogens (tertiary/aromatic N) is 1. The maximum atomic E-state index is 12.9. The first kappa shape index (κ1) is 18.7. The topological polar surface area (TPSA) is 75.4 Å². The SMILES string of the molecule is CC(C)(C)C(=O)N1CCCC(C(=O)NC2CCCc3cc(N)ccc32)C1. The first-order chi connectivity index (χ1) is 12.3. The van der Waals surface area contributed by atoms with E-state index in [1.807, 2.05) is 43.9 Å². The summed E-state index contributed by atoms with van der Waals surface area (Å²) in [5.74, 6) is 0.0915. The van der Waals surface area contributed by atoms with Gasteiger partial charge in [-0.2, -0.15) is 0 Å². The fraction of sp³-hybridized carbons (Fsp3) is 0.619. The normalized spacial score (nSPS) is 23.3. The molecule has 0 radical (unpaired) electrons. The summed E-state index contributed by atoms with van der Waals surface area (Å²) < 4.78 is 0. The maximum Gasteiger partial charge on any atom is 0.227 e. The van der Waals surface area contributed by atoms with Crippen LogP contribution >= 0.6 is 0 Å². The Bertz CT molecular complexity index is 693. The van der Waals surface area contributed by atoms with Crippen LogP contribution in [0.25, 0.3) is 0 Å². The molecule has 1 heterocycles. The predicted octanol–water partition coefficient (Wildman–Crippen LogP) is 3.05. The van der Waals surface area contributed by atoms with Gasteiger partial charge in [-0.25, -0.2) is 0 Å². The van der Waals surface area contributed by atoms with E-state index in [9.17, 15) is 9.59 Å². The molecule has 1 fully saturated rings. The highest BCUT2D eigenvalue weighted by Gasteiger charge is 2.34. The van der Waals surface area contributed by atoms with Gasteiger partial charge in [0.05, 0.1) is 12.0 Å². The van der Waals surface area contributed by atoms with Crippen molar-refractivity contribution in [2.45, 2.75) is 58.9 Å². The molecule has 1 aliphatic carbocycles. The van der Waals surface area contributed by atoms with Gasteiger partial charge >= 0.3 is 0 Å². The number of carbonyl (C=O) groups is 2. The van der Waals surface area contributed by atoms with Gasteiger partial charge in [-0.3, -0.25) is 9.59 Å². The van der Waals surface area contributed by atoms with Crippen LogP contribution in [0.5, 0.6) is 0 Å². The van der Waals surface area contributed by atoms with E-state index in [1.54, 1.807) is 0 Å². The second kappa shape index (κ2) is 7.29. The smallest absolute Gasteiger partial charge is 0.227 e. The van der Waals surface area contributed by atoms with Crippen molar-refractivity contribution in [2.75, 3.05) is 18.8 Å². The fourth-order valence-electron chi connectivity index (χ4n) is 4.12. The van der Waals surface area contributed by atoms with Crippen molar-refractivity contribution in [1.82, 2.24) is 10.2 Å². The number of likely N-dealkylation sites (tertiary alicyclic amines) is 1. The molecule has 0 saturated carbocycles. The van der Waals surface area contributed by atoms with E-state index in [2.05, 4.69) is 5.32 Å². The molecule has 3 rings (SSSR count). The third-order valence-corrected chi connectivity index (χ3v) is 5.52. The number of carbonyl (C=O) groups excluding carboxylic acids is 2. The number of fused-ring (bicyclic) bond motifs is 1. The first-order valence-corrected chi connectivity index (χ1v) is 9.74. The van der Waals surface area contributed by atoms with Crippen molar-refractivity contribution >= 4 is 17.5 Å². The molecule has 5 heteroatoms. The van der Waals surface area contributed by atoms with Crippen molar-refractivity contribution in [3.05, 3.63) is 29.3 Å².